The molecular weight excluding hydrogens is 395 g/mol. The molecule has 1 aliphatic rings. The average molecular weight is 427 g/mol. The number of carbonyl (C=O) groups is 2. The molecule has 0 saturated carbocycles. The molecule has 1 heterocycles. The number of benzene rings is 2. The van der Waals surface area contributed by atoms with Crippen LogP contribution >= 0.6 is 0 Å². The first-order chi connectivity index (χ1) is 14.6. The number of likely N-dealkylation sites (tertiary alicyclic amines) is 1. The molecule has 0 aromatic heterocycles. The predicted octanol–water partition coefficient (Wildman–Crippen LogP) is 4.85. The molecule has 2 aromatic rings. The van der Waals surface area contributed by atoms with Crippen LogP contribution in [-0.2, 0) is 10.2 Å². The van der Waals surface area contributed by atoms with E-state index in [2.05, 4.69) is 37.8 Å². The molecule has 166 valence electrons. The van der Waals surface area contributed by atoms with E-state index in [9.17, 15) is 14.0 Å². The van der Waals surface area contributed by atoms with Gasteiger partial charge in [0.05, 0.1) is 0 Å². The van der Waals surface area contributed by atoms with E-state index >= 15 is 0 Å². The van der Waals surface area contributed by atoms with Gasteiger partial charge in [-0.3, -0.25) is 9.69 Å². The van der Waals surface area contributed by atoms with Crippen molar-refractivity contribution in [2.45, 2.75) is 45.1 Å². The predicted molar refractivity (Wildman–Crippen MR) is 118 cm³/mol. The molecule has 2 N–H and O–H groups in total. The largest absolute Gasteiger partial charge is 0.440 e. The summed E-state index contributed by atoms with van der Waals surface area (Å²) in [7, 11) is 0. The first kappa shape index (κ1) is 22.9. The third-order valence-electron chi connectivity index (χ3n) is 5.92. The number of hydrogen-bond donors (Lipinski definition) is 1. The van der Waals surface area contributed by atoms with Gasteiger partial charge in [0.25, 0.3) is 0 Å². The minimum atomic E-state index is -0.800. The van der Waals surface area contributed by atoms with Crippen molar-refractivity contribution in [1.29, 1.82) is 0 Å². The fourth-order valence-electron chi connectivity index (χ4n) is 4.01. The highest BCUT2D eigenvalue weighted by Crippen LogP contribution is 2.28. The molecule has 1 saturated heterocycles. The molecule has 0 aliphatic carbocycles. The third kappa shape index (κ3) is 6.14. The lowest BCUT2D eigenvalue weighted by Gasteiger charge is -2.33. The Hall–Kier alpha value is -2.73. The number of nitrogens with zero attached hydrogens (tertiary/aromatic N) is 1. The van der Waals surface area contributed by atoms with Crippen molar-refractivity contribution in [3.63, 3.8) is 0 Å². The Morgan fingerprint density at radius 1 is 1.06 bits per heavy atom. The lowest BCUT2D eigenvalue weighted by molar-refractivity contribution is 0.0598. The van der Waals surface area contributed by atoms with Crippen molar-refractivity contribution < 1.29 is 18.7 Å². The first-order valence-electron chi connectivity index (χ1n) is 10.7. The van der Waals surface area contributed by atoms with Crippen LogP contribution in [0.5, 0.6) is 0 Å². The van der Waals surface area contributed by atoms with Crippen LogP contribution in [0.4, 0.5) is 9.18 Å². The Morgan fingerprint density at radius 2 is 1.65 bits per heavy atom. The number of Topliss-reactive ketones (excluding diaryl/α,β-unsaturated/α-hetero) is 1. The number of ketones is 1. The second-order valence-corrected chi connectivity index (χ2v) is 9.24. The molecule has 5 nitrogen and oxygen atoms in total. The topological polar surface area (TPSA) is 72.6 Å². The summed E-state index contributed by atoms with van der Waals surface area (Å²) in [6.07, 6.45) is 0.160. The molecule has 31 heavy (non-hydrogen) atoms. The van der Waals surface area contributed by atoms with E-state index in [-0.39, 0.29) is 22.9 Å². The van der Waals surface area contributed by atoms with Crippen molar-refractivity contribution in [3.05, 3.63) is 71.0 Å². The average Bonchev–Trinajstić information content (AvgIpc) is 2.73. The van der Waals surface area contributed by atoms with E-state index in [1.165, 1.54) is 17.7 Å². The fourth-order valence-corrected chi connectivity index (χ4v) is 4.01. The number of halogens is 1. The first-order valence-corrected chi connectivity index (χ1v) is 10.7. The van der Waals surface area contributed by atoms with Crippen LogP contribution in [-0.4, -0.2) is 36.4 Å². The van der Waals surface area contributed by atoms with E-state index in [0.717, 1.165) is 18.7 Å². The van der Waals surface area contributed by atoms with Crippen LogP contribution in [0, 0.1) is 11.7 Å². The van der Waals surface area contributed by atoms with Gasteiger partial charge in [0.2, 0.25) is 0 Å². The van der Waals surface area contributed by atoms with E-state index in [1.807, 2.05) is 12.1 Å². The molecule has 6 heteroatoms. The van der Waals surface area contributed by atoms with Crippen LogP contribution in [0.1, 0.15) is 61.2 Å². The quantitative estimate of drug-likeness (QED) is 0.670. The smallest absolute Gasteiger partial charge is 0.405 e. The third-order valence-corrected chi connectivity index (χ3v) is 5.92. The van der Waals surface area contributed by atoms with Crippen molar-refractivity contribution in [1.82, 2.24) is 4.90 Å². The summed E-state index contributed by atoms with van der Waals surface area (Å²) < 4.78 is 18.5. The monoisotopic (exact) mass is 426 g/mol. The summed E-state index contributed by atoms with van der Waals surface area (Å²) in [6, 6.07) is 13.8. The van der Waals surface area contributed by atoms with E-state index in [4.69, 9.17) is 10.5 Å². The number of carbonyl (C=O) groups excluding carboxylic acids is 2. The van der Waals surface area contributed by atoms with Gasteiger partial charge in [0, 0.05) is 18.0 Å². The zero-order valence-electron chi connectivity index (χ0n) is 18.4. The highest BCUT2D eigenvalue weighted by atomic mass is 19.1. The second-order valence-electron chi connectivity index (χ2n) is 9.24. The Balaban J connectivity index is 1.62. The highest BCUT2D eigenvalue weighted by Gasteiger charge is 2.28. The molecule has 3 rings (SSSR count). The number of rotatable bonds is 6. The Bertz CT molecular complexity index is 896. The van der Waals surface area contributed by atoms with Crippen molar-refractivity contribution >= 4 is 11.9 Å². The van der Waals surface area contributed by atoms with Crippen LogP contribution in [0.3, 0.4) is 0 Å². The molecule has 1 amide bonds. The maximum Gasteiger partial charge on any atom is 0.405 e. The Labute approximate surface area is 183 Å². The van der Waals surface area contributed by atoms with Gasteiger partial charge in [-0.1, -0.05) is 45.0 Å². The highest BCUT2D eigenvalue weighted by molar-refractivity contribution is 5.97. The molecule has 0 spiro atoms. The van der Waals surface area contributed by atoms with Crippen LogP contribution in [0.15, 0.2) is 48.5 Å². The summed E-state index contributed by atoms with van der Waals surface area (Å²) in [5.41, 5.74) is 8.01. The SMILES string of the molecule is CC(C)(C)c1ccc(C(CN2CCC(C(=O)c3ccc(F)cc3)CC2)OC(N)=O)cc1. The number of nitrogens with two attached hydrogens (primary N) is 1. The van der Waals surface area contributed by atoms with Gasteiger partial charge in [-0.2, -0.15) is 0 Å². The normalized spacial score (nSPS) is 16.6. The molecule has 1 atom stereocenters. The van der Waals surface area contributed by atoms with Crippen LogP contribution < -0.4 is 5.73 Å². The summed E-state index contributed by atoms with van der Waals surface area (Å²) in [5.74, 6) is -0.368. The van der Waals surface area contributed by atoms with E-state index in [1.54, 1.807) is 12.1 Å². The van der Waals surface area contributed by atoms with Gasteiger partial charge in [0.1, 0.15) is 11.9 Å². The molecule has 2 aromatic carbocycles. The second kappa shape index (κ2) is 9.60. The minimum absolute atomic E-state index is 0.0392. The van der Waals surface area contributed by atoms with Gasteiger partial charge in [-0.25, -0.2) is 9.18 Å². The van der Waals surface area contributed by atoms with Gasteiger partial charge in [-0.15, -0.1) is 0 Å². The van der Waals surface area contributed by atoms with Gasteiger partial charge >= 0.3 is 6.09 Å². The molecule has 1 aliphatic heterocycles. The minimum Gasteiger partial charge on any atom is -0.440 e. The molecular formula is C25H31FN2O3. The Kier molecular flexibility index (Phi) is 7.11. The molecule has 1 unspecified atom stereocenters. The van der Waals surface area contributed by atoms with Crippen LogP contribution in [0.2, 0.25) is 0 Å². The number of amides is 1. The maximum atomic E-state index is 13.1. The summed E-state index contributed by atoms with van der Waals surface area (Å²) in [6.45, 7) is 8.41. The number of piperidine rings is 1. The van der Waals surface area contributed by atoms with Gasteiger partial charge < -0.3 is 10.5 Å². The van der Waals surface area contributed by atoms with E-state index < -0.39 is 12.2 Å². The Morgan fingerprint density at radius 3 is 2.16 bits per heavy atom. The fraction of sp³-hybridized carbons (Fsp3) is 0.440. The number of ether oxygens (including phenoxy) is 1. The standard InChI is InChI=1S/C25H31FN2O3/c1-25(2,3)20-8-4-17(5-9-20)22(31-24(27)30)16-28-14-12-19(13-15-28)23(29)18-6-10-21(26)11-7-18/h4-11,19,22H,12-16H2,1-3H3,(H2,27,30). The lowest BCUT2D eigenvalue weighted by Crippen LogP contribution is -2.39. The maximum absolute atomic E-state index is 13.1. The molecule has 0 radical (unpaired) electrons. The molecule has 0 bridgehead atoms. The summed E-state index contributed by atoms with van der Waals surface area (Å²) in [4.78, 5) is 26.4. The zero-order chi connectivity index (χ0) is 22.6. The van der Waals surface area contributed by atoms with Gasteiger partial charge in [-0.05, 0) is 66.7 Å². The van der Waals surface area contributed by atoms with Crippen molar-refractivity contribution in [2.75, 3.05) is 19.6 Å². The van der Waals surface area contributed by atoms with Crippen molar-refractivity contribution in [2.24, 2.45) is 11.7 Å². The van der Waals surface area contributed by atoms with E-state index in [0.29, 0.717) is 24.9 Å². The summed E-state index contributed by atoms with van der Waals surface area (Å²) >= 11 is 0. The van der Waals surface area contributed by atoms with Crippen LogP contribution in [0.25, 0.3) is 0 Å². The number of primary amides is 1. The lowest BCUT2D eigenvalue weighted by atomic mass is 9.86. The zero-order valence-corrected chi connectivity index (χ0v) is 18.4. The van der Waals surface area contributed by atoms with Crippen molar-refractivity contribution in [3.8, 4) is 0 Å². The number of hydrogen-bond acceptors (Lipinski definition) is 4. The summed E-state index contributed by atoms with van der Waals surface area (Å²) in [5, 5.41) is 0. The van der Waals surface area contributed by atoms with Gasteiger partial charge in [0.15, 0.2) is 5.78 Å². The molecule has 1 fully saturated rings.